The number of carbonyl (C=O) groups excluding carboxylic acids is 3. The molecule has 3 rings (SSSR count). The van der Waals surface area contributed by atoms with E-state index in [2.05, 4.69) is 5.32 Å². The summed E-state index contributed by atoms with van der Waals surface area (Å²) in [5, 5.41) is 2.50. The van der Waals surface area contributed by atoms with Gasteiger partial charge in [0, 0.05) is 12.2 Å². The lowest BCUT2D eigenvalue weighted by molar-refractivity contribution is -0.122. The number of rotatable bonds is 7. The van der Waals surface area contributed by atoms with Crippen LogP contribution in [0.3, 0.4) is 0 Å². The molecule has 0 spiro atoms. The van der Waals surface area contributed by atoms with E-state index in [0.29, 0.717) is 34.2 Å². The van der Waals surface area contributed by atoms with E-state index in [1.165, 1.54) is 12.0 Å². The SMILES string of the molecule is CCN1C(=O)S/C(=C/c2ccc(OCC(=O)Nc3cccc(C)c3)c(OC)c2)C1=O. The monoisotopic (exact) mass is 426 g/mol. The molecular weight excluding hydrogens is 404 g/mol. The number of anilines is 1. The smallest absolute Gasteiger partial charge is 0.293 e. The van der Waals surface area contributed by atoms with Gasteiger partial charge in [0.1, 0.15) is 0 Å². The van der Waals surface area contributed by atoms with E-state index >= 15 is 0 Å². The van der Waals surface area contributed by atoms with Crippen molar-refractivity contribution in [1.82, 2.24) is 4.90 Å². The Morgan fingerprint density at radius 1 is 1.17 bits per heavy atom. The van der Waals surface area contributed by atoms with Crippen LogP contribution in [0.15, 0.2) is 47.4 Å². The molecule has 1 saturated heterocycles. The van der Waals surface area contributed by atoms with Gasteiger partial charge in [-0.1, -0.05) is 18.2 Å². The average Bonchev–Trinajstić information content (AvgIpc) is 2.99. The molecule has 0 aromatic heterocycles. The Kier molecular flexibility index (Phi) is 6.79. The van der Waals surface area contributed by atoms with E-state index in [1.54, 1.807) is 37.3 Å². The number of ether oxygens (including phenoxy) is 2. The van der Waals surface area contributed by atoms with E-state index in [-0.39, 0.29) is 23.7 Å². The van der Waals surface area contributed by atoms with Crippen molar-refractivity contribution in [2.45, 2.75) is 13.8 Å². The molecule has 156 valence electrons. The predicted molar refractivity (Wildman–Crippen MR) is 117 cm³/mol. The number of aryl methyl sites for hydroxylation is 1. The van der Waals surface area contributed by atoms with Gasteiger partial charge in [0.15, 0.2) is 18.1 Å². The Morgan fingerprint density at radius 3 is 2.63 bits per heavy atom. The summed E-state index contributed by atoms with van der Waals surface area (Å²) in [6, 6.07) is 12.6. The number of thioether (sulfide) groups is 1. The molecule has 2 aromatic carbocycles. The van der Waals surface area contributed by atoms with Crippen LogP contribution in [0.25, 0.3) is 6.08 Å². The predicted octanol–water partition coefficient (Wildman–Crippen LogP) is 4.08. The largest absolute Gasteiger partial charge is 0.493 e. The van der Waals surface area contributed by atoms with Gasteiger partial charge in [0.2, 0.25) is 0 Å². The average molecular weight is 426 g/mol. The van der Waals surface area contributed by atoms with Crippen LogP contribution in [0, 0.1) is 6.92 Å². The lowest BCUT2D eigenvalue weighted by Crippen LogP contribution is -2.27. The van der Waals surface area contributed by atoms with Crippen LogP contribution in [-0.2, 0) is 9.59 Å². The minimum atomic E-state index is -0.306. The summed E-state index contributed by atoms with van der Waals surface area (Å²) < 4.78 is 10.9. The lowest BCUT2D eigenvalue weighted by Gasteiger charge is -2.12. The van der Waals surface area contributed by atoms with Crippen molar-refractivity contribution in [2.75, 3.05) is 25.6 Å². The van der Waals surface area contributed by atoms with Crippen LogP contribution < -0.4 is 14.8 Å². The minimum absolute atomic E-state index is 0.182. The quantitative estimate of drug-likeness (QED) is 0.672. The Hall–Kier alpha value is -3.26. The van der Waals surface area contributed by atoms with Gasteiger partial charge in [-0.2, -0.15) is 0 Å². The summed E-state index contributed by atoms with van der Waals surface area (Å²) in [6.45, 7) is 3.85. The third-order valence-electron chi connectivity index (χ3n) is 4.34. The van der Waals surface area contributed by atoms with Crippen LogP contribution >= 0.6 is 11.8 Å². The highest BCUT2D eigenvalue weighted by atomic mass is 32.2. The summed E-state index contributed by atoms with van der Waals surface area (Å²) in [7, 11) is 1.49. The number of carbonyl (C=O) groups is 3. The fourth-order valence-corrected chi connectivity index (χ4v) is 3.78. The normalized spacial score (nSPS) is 14.9. The van der Waals surface area contributed by atoms with E-state index in [0.717, 1.165) is 17.3 Å². The fourth-order valence-electron chi connectivity index (χ4n) is 2.88. The summed E-state index contributed by atoms with van der Waals surface area (Å²) in [4.78, 5) is 37.8. The van der Waals surface area contributed by atoms with Crippen molar-refractivity contribution in [2.24, 2.45) is 0 Å². The van der Waals surface area contributed by atoms with E-state index in [9.17, 15) is 14.4 Å². The van der Waals surface area contributed by atoms with E-state index < -0.39 is 0 Å². The van der Waals surface area contributed by atoms with Crippen LogP contribution in [0.2, 0.25) is 0 Å². The van der Waals surface area contributed by atoms with Gasteiger partial charge >= 0.3 is 0 Å². The minimum Gasteiger partial charge on any atom is -0.493 e. The van der Waals surface area contributed by atoms with Crippen molar-refractivity contribution in [3.63, 3.8) is 0 Å². The van der Waals surface area contributed by atoms with Crippen LogP contribution in [-0.4, -0.2) is 42.2 Å². The highest BCUT2D eigenvalue weighted by Gasteiger charge is 2.33. The zero-order chi connectivity index (χ0) is 21.7. The molecule has 1 aliphatic heterocycles. The molecule has 0 bridgehead atoms. The first-order valence-electron chi connectivity index (χ1n) is 9.34. The molecule has 1 fully saturated rings. The maximum atomic E-state index is 12.2. The molecule has 2 aromatic rings. The Morgan fingerprint density at radius 2 is 1.97 bits per heavy atom. The van der Waals surface area contributed by atoms with Gasteiger partial charge < -0.3 is 14.8 Å². The number of imide groups is 1. The number of nitrogens with one attached hydrogen (secondary N) is 1. The molecule has 0 radical (unpaired) electrons. The van der Waals surface area contributed by atoms with Crippen molar-refractivity contribution >= 4 is 40.6 Å². The van der Waals surface area contributed by atoms with Gasteiger partial charge in [-0.25, -0.2) is 0 Å². The number of benzene rings is 2. The van der Waals surface area contributed by atoms with Gasteiger partial charge in [0.05, 0.1) is 12.0 Å². The van der Waals surface area contributed by atoms with Crippen molar-refractivity contribution in [3.8, 4) is 11.5 Å². The van der Waals surface area contributed by atoms with E-state index in [1.807, 2.05) is 25.1 Å². The second-order valence-corrected chi connectivity index (χ2v) is 7.54. The maximum absolute atomic E-state index is 12.2. The van der Waals surface area contributed by atoms with Gasteiger partial charge in [-0.3, -0.25) is 19.3 Å². The molecule has 1 aliphatic rings. The van der Waals surface area contributed by atoms with Crippen LogP contribution in [0.5, 0.6) is 11.5 Å². The molecule has 0 aliphatic carbocycles. The number of nitrogens with zero attached hydrogens (tertiary/aromatic N) is 1. The van der Waals surface area contributed by atoms with Crippen molar-refractivity contribution in [3.05, 3.63) is 58.5 Å². The maximum Gasteiger partial charge on any atom is 0.293 e. The molecule has 7 nitrogen and oxygen atoms in total. The molecule has 0 unspecified atom stereocenters. The summed E-state index contributed by atoms with van der Waals surface area (Å²) in [5.41, 5.74) is 2.43. The van der Waals surface area contributed by atoms with Gasteiger partial charge in [-0.05, 0) is 67.1 Å². The lowest BCUT2D eigenvalue weighted by atomic mass is 10.2. The second-order valence-electron chi connectivity index (χ2n) is 6.54. The van der Waals surface area contributed by atoms with Crippen LogP contribution in [0.4, 0.5) is 10.5 Å². The molecule has 0 saturated carbocycles. The summed E-state index contributed by atoms with van der Waals surface area (Å²) in [6.07, 6.45) is 1.64. The first kappa shape index (κ1) is 21.4. The molecule has 30 heavy (non-hydrogen) atoms. The topological polar surface area (TPSA) is 84.9 Å². The molecule has 0 atom stereocenters. The zero-order valence-corrected chi connectivity index (χ0v) is 17.7. The van der Waals surface area contributed by atoms with Crippen molar-refractivity contribution in [1.29, 1.82) is 0 Å². The first-order valence-corrected chi connectivity index (χ1v) is 10.2. The first-order chi connectivity index (χ1) is 14.4. The molecule has 3 amide bonds. The van der Waals surface area contributed by atoms with Crippen LogP contribution in [0.1, 0.15) is 18.1 Å². The third kappa shape index (κ3) is 5.01. The number of amides is 3. The standard InChI is InChI=1S/C22H22N2O5S/c1-4-24-21(26)19(30-22(24)27)12-15-8-9-17(18(11-15)28-3)29-13-20(25)23-16-7-5-6-14(2)10-16/h5-12H,4,13H2,1-3H3,(H,23,25)/b19-12+. The molecule has 1 heterocycles. The molecule has 8 heteroatoms. The number of hydrogen-bond acceptors (Lipinski definition) is 6. The highest BCUT2D eigenvalue weighted by molar-refractivity contribution is 8.18. The summed E-state index contributed by atoms with van der Waals surface area (Å²) in [5.74, 6) is 0.220. The fraction of sp³-hybridized carbons (Fsp3) is 0.227. The number of likely N-dealkylation sites (N-methyl/N-ethyl adjacent to an activating group) is 1. The number of methoxy groups -OCH3 is 1. The Bertz CT molecular complexity index is 1020. The molecule has 1 N–H and O–H groups in total. The van der Waals surface area contributed by atoms with Gasteiger partial charge in [0.25, 0.3) is 17.1 Å². The summed E-state index contributed by atoms with van der Waals surface area (Å²) >= 11 is 0.908. The highest BCUT2D eigenvalue weighted by Crippen LogP contribution is 2.34. The van der Waals surface area contributed by atoms with E-state index in [4.69, 9.17) is 9.47 Å². The second kappa shape index (κ2) is 9.49. The number of hydrogen-bond donors (Lipinski definition) is 1. The van der Waals surface area contributed by atoms with Crippen molar-refractivity contribution < 1.29 is 23.9 Å². The molecular formula is C22H22N2O5S. The third-order valence-corrected chi connectivity index (χ3v) is 5.24. The Balaban J connectivity index is 1.67. The van der Waals surface area contributed by atoms with Gasteiger partial charge in [-0.15, -0.1) is 0 Å². The Labute approximate surface area is 179 Å². The zero-order valence-electron chi connectivity index (χ0n) is 16.9.